The fourth-order valence-corrected chi connectivity index (χ4v) is 2.88. The summed E-state index contributed by atoms with van der Waals surface area (Å²) < 4.78 is 10.8. The smallest absolute Gasteiger partial charge is 0.277 e. The van der Waals surface area contributed by atoms with Gasteiger partial charge < -0.3 is 14.5 Å². The van der Waals surface area contributed by atoms with Crippen LogP contribution in [-0.2, 0) is 4.79 Å². The monoisotopic (exact) mass is 369 g/mol. The summed E-state index contributed by atoms with van der Waals surface area (Å²) in [6, 6.07) is 15.0. The summed E-state index contributed by atoms with van der Waals surface area (Å²) in [5.74, 6) is 1.03. The van der Waals surface area contributed by atoms with Crippen LogP contribution in [0.25, 0.3) is 11.5 Å². The van der Waals surface area contributed by atoms with Gasteiger partial charge in [0.1, 0.15) is 5.75 Å². The van der Waals surface area contributed by atoms with Gasteiger partial charge in [0.2, 0.25) is 11.8 Å². The lowest BCUT2D eigenvalue weighted by Crippen LogP contribution is -2.22. The summed E-state index contributed by atoms with van der Waals surface area (Å²) in [7, 11) is 1.60. The number of benzene rings is 2. The van der Waals surface area contributed by atoms with Crippen molar-refractivity contribution in [1.29, 1.82) is 0 Å². The highest BCUT2D eigenvalue weighted by atomic mass is 32.2. The van der Waals surface area contributed by atoms with Crippen molar-refractivity contribution in [2.24, 2.45) is 0 Å². The van der Waals surface area contributed by atoms with Gasteiger partial charge in [0, 0.05) is 11.3 Å². The van der Waals surface area contributed by atoms with Gasteiger partial charge in [0.05, 0.1) is 12.4 Å². The van der Waals surface area contributed by atoms with Crippen molar-refractivity contribution >= 4 is 23.4 Å². The number of carbonyl (C=O) groups excluding carboxylic acids is 1. The largest absolute Gasteiger partial charge is 0.497 e. The van der Waals surface area contributed by atoms with E-state index < -0.39 is 0 Å². The number of hydrogen-bond donors (Lipinski definition) is 1. The van der Waals surface area contributed by atoms with E-state index in [0.29, 0.717) is 16.8 Å². The lowest BCUT2D eigenvalue weighted by atomic mass is 10.1. The first-order valence-corrected chi connectivity index (χ1v) is 8.95. The molecule has 1 N–H and O–H groups in total. The van der Waals surface area contributed by atoms with E-state index in [9.17, 15) is 4.79 Å². The number of ether oxygens (including phenoxy) is 1. The van der Waals surface area contributed by atoms with Crippen LogP contribution in [0.15, 0.2) is 58.2 Å². The Morgan fingerprint density at radius 3 is 2.46 bits per heavy atom. The molecule has 6 nitrogen and oxygen atoms in total. The van der Waals surface area contributed by atoms with Crippen LogP contribution in [0.3, 0.4) is 0 Å². The molecule has 7 heteroatoms. The maximum Gasteiger partial charge on any atom is 0.277 e. The van der Waals surface area contributed by atoms with Crippen molar-refractivity contribution < 1.29 is 13.9 Å². The topological polar surface area (TPSA) is 77.2 Å². The van der Waals surface area contributed by atoms with Crippen LogP contribution in [0.4, 0.5) is 5.69 Å². The van der Waals surface area contributed by atoms with Gasteiger partial charge in [-0.05, 0) is 50.2 Å². The molecule has 0 bridgehead atoms. The zero-order valence-electron chi connectivity index (χ0n) is 14.7. The SMILES string of the molecule is COc1ccc(NC(=O)[C@@H](C)Sc2nnc(-c3ccc(C)cc3)o2)cc1. The fraction of sp³-hybridized carbons (Fsp3) is 0.211. The Kier molecular flexibility index (Phi) is 5.58. The zero-order valence-corrected chi connectivity index (χ0v) is 15.5. The van der Waals surface area contributed by atoms with Crippen molar-refractivity contribution in [3.8, 4) is 17.2 Å². The van der Waals surface area contributed by atoms with E-state index in [1.165, 1.54) is 11.8 Å². The first-order chi connectivity index (χ1) is 12.5. The lowest BCUT2D eigenvalue weighted by Gasteiger charge is -2.10. The molecule has 1 heterocycles. The maximum atomic E-state index is 12.3. The van der Waals surface area contributed by atoms with Crippen molar-refractivity contribution in [2.45, 2.75) is 24.3 Å². The minimum atomic E-state index is -0.386. The molecular formula is C19H19N3O3S. The molecule has 26 heavy (non-hydrogen) atoms. The number of nitrogens with one attached hydrogen (secondary N) is 1. The van der Waals surface area contributed by atoms with E-state index in [4.69, 9.17) is 9.15 Å². The average Bonchev–Trinajstić information content (AvgIpc) is 3.11. The van der Waals surface area contributed by atoms with Gasteiger partial charge in [-0.1, -0.05) is 29.5 Å². The molecule has 134 valence electrons. The van der Waals surface area contributed by atoms with Gasteiger partial charge in [-0.2, -0.15) is 0 Å². The minimum absolute atomic E-state index is 0.143. The van der Waals surface area contributed by atoms with Crippen LogP contribution in [0.2, 0.25) is 0 Å². The van der Waals surface area contributed by atoms with Gasteiger partial charge in [0.15, 0.2) is 0 Å². The standard InChI is InChI=1S/C19H19N3O3S/c1-12-4-6-14(7-5-12)18-21-22-19(25-18)26-13(2)17(23)20-15-8-10-16(24-3)11-9-15/h4-11,13H,1-3H3,(H,20,23)/t13-/m1/s1. The summed E-state index contributed by atoms with van der Waals surface area (Å²) in [6.45, 7) is 3.81. The summed E-state index contributed by atoms with van der Waals surface area (Å²) in [4.78, 5) is 12.3. The Morgan fingerprint density at radius 2 is 1.81 bits per heavy atom. The number of anilines is 1. The number of nitrogens with zero attached hydrogens (tertiary/aromatic N) is 2. The number of rotatable bonds is 6. The van der Waals surface area contributed by atoms with Crippen LogP contribution in [0.1, 0.15) is 12.5 Å². The Labute approximate surface area is 156 Å². The highest BCUT2D eigenvalue weighted by Gasteiger charge is 2.19. The first kappa shape index (κ1) is 18.0. The van der Waals surface area contributed by atoms with Crippen molar-refractivity contribution in [2.75, 3.05) is 12.4 Å². The van der Waals surface area contributed by atoms with Crippen molar-refractivity contribution in [3.63, 3.8) is 0 Å². The number of amides is 1. The molecule has 0 unspecified atom stereocenters. The highest BCUT2D eigenvalue weighted by Crippen LogP contribution is 2.27. The Balaban J connectivity index is 1.61. The number of aromatic nitrogens is 2. The summed E-state index contributed by atoms with van der Waals surface area (Å²) >= 11 is 1.22. The number of methoxy groups -OCH3 is 1. The average molecular weight is 369 g/mol. The number of carbonyl (C=O) groups is 1. The second kappa shape index (κ2) is 8.05. The second-order valence-corrected chi connectivity index (χ2v) is 7.01. The molecule has 0 aliphatic rings. The molecule has 1 atom stereocenters. The molecule has 0 saturated heterocycles. The summed E-state index contributed by atoms with van der Waals surface area (Å²) in [6.07, 6.45) is 0. The van der Waals surface area contributed by atoms with E-state index >= 15 is 0 Å². The second-order valence-electron chi connectivity index (χ2n) is 5.72. The van der Waals surface area contributed by atoms with E-state index in [1.807, 2.05) is 31.2 Å². The van der Waals surface area contributed by atoms with Crippen LogP contribution < -0.4 is 10.1 Å². The van der Waals surface area contributed by atoms with E-state index in [1.54, 1.807) is 38.3 Å². The van der Waals surface area contributed by atoms with Gasteiger partial charge in [-0.3, -0.25) is 4.79 Å². The molecule has 2 aromatic carbocycles. The number of hydrogen-bond acceptors (Lipinski definition) is 6. The maximum absolute atomic E-state index is 12.3. The summed E-state index contributed by atoms with van der Waals surface area (Å²) in [5.41, 5.74) is 2.71. The molecule has 0 saturated carbocycles. The molecule has 0 aliphatic carbocycles. The van der Waals surface area contributed by atoms with Crippen LogP contribution in [-0.4, -0.2) is 28.5 Å². The summed E-state index contributed by atoms with van der Waals surface area (Å²) in [5, 5.41) is 10.9. The van der Waals surface area contributed by atoms with Crippen LogP contribution in [0, 0.1) is 6.92 Å². The third-order valence-electron chi connectivity index (χ3n) is 3.71. The highest BCUT2D eigenvalue weighted by molar-refractivity contribution is 8.00. The predicted molar refractivity (Wildman–Crippen MR) is 101 cm³/mol. The molecule has 0 spiro atoms. The molecule has 0 radical (unpaired) electrons. The van der Waals surface area contributed by atoms with Gasteiger partial charge >= 0.3 is 0 Å². The van der Waals surface area contributed by atoms with Crippen LogP contribution in [0.5, 0.6) is 5.75 Å². The third kappa shape index (κ3) is 4.43. The van der Waals surface area contributed by atoms with Crippen molar-refractivity contribution in [1.82, 2.24) is 10.2 Å². The Morgan fingerprint density at radius 1 is 1.12 bits per heavy atom. The quantitative estimate of drug-likeness (QED) is 0.657. The van der Waals surface area contributed by atoms with E-state index in [0.717, 1.165) is 16.9 Å². The lowest BCUT2D eigenvalue weighted by molar-refractivity contribution is -0.115. The molecular weight excluding hydrogens is 350 g/mol. The van der Waals surface area contributed by atoms with Crippen molar-refractivity contribution in [3.05, 3.63) is 54.1 Å². The first-order valence-electron chi connectivity index (χ1n) is 8.07. The van der Waals surface area contributed by atoms with Crippen LogP contribution >= 0.6 is 11.8 Å². The molecule has 0 aliphatic heterocycles. The molecule has 1 amide bonds. The molecule has 1 aromatic heterocycles. The molecule has 3 rings (SSSR count). The Hall–Kier alpha value is -2.80. The fourth-order valence-electron chi connectivity index (χ4n) is 2.19. The normalized spacial score (nSPS) is 11.8. The third-order valence-corrected chi connectivity index (χ3v) is 4.64. The number of aryl methyl sites for hydroxylation is 1. The minimum Gasteiger partial charge on any atom is -0.497 e. The number of thioether (sulfide) groups is 1. The van der Waals surface area contributed by atoms with E-state index in [-0.39, 0.29) is 11.2 Å². The zero-order chi connectivity index (χ0) is 18.5. The molecule has 0 fully saturated rings. The molecule has 3 aromatic rings. The van der Waals surface area contributed by atoms with Gasteiger partial charge in [-0.25, -0.2) is 0 Å². The van der Waals surface area contributed by atoms with Gasteiger partial charge in [-0.15, -0.1) is 10.2 Å². The Bertz CT molecular complexity index is 876. The van der Waals surface area contributed by atoms with Gasteiger partial charge in [0.25, 0.3) is 5.22 Å². The van der Waals surface area contributed by atoms with E-state index in [2.05, 4.69) is 15.5 Å². The predicted octanol–water partition coefficient (Wildman–Crippen LogP) is 4.17.